The Kier molecular flexibility index (Phi) is 6.88. The van der Waals surface area contributed by atoms with E-state index >= 15 is 0 Å². The first-order valence-electron chi connectivity index (χ1n) is 11.8. The number of carbonyl (C=O) groups excluding carboxylic acids is 3. The number of hydrogen-bond donors (Lipinski definition) is 0. The van der Waals surface area contributed by atoms with Gasteiger partial charge in [0, 0.05) is 60.8 Å². The summed E-state index contributed by atoms with van der Waals surface area (Å²) in [6.45, 7) is 4.89. The molecule has 0 aromatic heterocycles. The maximum Gasteiger partial charge on any atom is 0.263 e. The molecule has 0 radical (unpaired) electrons. The molecule has 3 aromatic rings. The number of imide groups is 1. The van der Waals surface area contributed by atoms with Crippen LogP contribution < -0.4 is 4.74 Å². The van der Waals surface area contributed by atoms with E-state index in [0.717, 1.165) is 10.8 Å². The molecule has 36 heavy (non-hydrogen) atoms. The molecule has 1 atom stereocenters. The highest BCUT2D eigenvalue weighted by Crippen LogP contribution is 2.30. The van der Waals surface area contributed by atoms with Gasteiger partial charge in [-0.1, -0.05) is 47.5 Å². The monoisotopic (exact) mass is 525 g/mol. The van der Waals surface area contributed by atoms with Crippen molar-refractivity contribution in [2.45, 2.75) is 13.0 Å². The van der Waals surface area contributed by atoms with Crippen LogP contribution in [0.1, 0.15) is 27.6 Å². The molecule has 0 N–H and O–H groups in total. The van der Waals surface area contributed by atoms with Crippen LogP contribution in [-0.2, 0) is 4.79 Å². The third-order valence-corrected chi connectivity index (χ3v) is 7.26. The van der Waals surface area contributed by atoms with Crippen LogP contribution in [-0.4, -0.2) is 77.8 Å². The Hall–Kier alpha value is -3.13. The second-order valence-corrected chi connectivity index (χ2v) is 9.82. The van der Waals surface area contributed by atoms with Gasteiger partial charge in [0.05, 0.1) is 5.02 Å². The van der Waals surface area contributed by atoms with Crippen molar-refractivity contribution in [3.05, 3.63) is 75.8 Å². The first-order chi connectivity index (χ1) is 17.3. The van der Waals surface area contributed by atoms with E-state index in [0.29, 0.717) is 66.2 Å². The topological polar surface area (TPSA) is 70.2 Å². The van der Waals surface area contributed by atoms with Crippen LogP contribution in [0.25, 0.3) is 10.8 Å². The van der Waals surface area contributed by atoms with Gasteiger partial charge in [0.25, 0.3) is 17.7 Å². The van der Waals surface area contributed by atoms with Crippen LogP contribution in [0.3, 0.4) is 0 Å². The molecule has 0 unspecified atom stereocenters. The predicted octanol–water partition coefficient (Wildman–Crippen LogP) is 4.35. The standard InChI is InChI=1S/C27H25Cl2N3O4/c1-17(36-23-9-8-19(28)16-22(23)29)25(33)31-13-10-30(11-14-31)12-15-32-26(34)20-6-2-4-18-5-3-7-21(24(18)20)27(32)35/h2-9,16-17H,10-15H2,1H3/t17-/m1/s1. The van der Waals surface area contributed by atoms with Gasteiger partial charge in [0.1, 0.15) is 5.75 Å². The molecule has 0 saturated carbocycles. The Labute approximate surface area is 219 Å². The lowest BCUT2D eigenvalue weighted by Gasteiger charge is -2.37. The molecule has 2 heterocycles. The van der Waals surface area contributed by atoms with Crippen LogP contribution in [0.2, 0.25) is 10.0 Å². The van der Waals surface area contributed by atoms with Crippen molar-refractivity contribution in [3.8, 4) is 5.75 Å². The lowest BCUT2D eigenvalue weighted by atomic mass is 9.94. The highest BCUT2D eigenvalue weighted by Gasteiger charge is 2.33. The van der Waals surface area contributed by atoms with Crippen molar-refractivity contribution in [1.82, 2.24) is 14.7 Å². The largest absolute Gasteiger partial charge is 0.479 e. The summed E-state index contributed by atoms with van der Waals surface area (Å²) in [6.07, 6.45) is -0.693. The summed E-state index contributed by atoms with van der Waals surface area (Å²) in [4.78, 5) is 44.4. The first-order valence-corrected chi connectivity index (χ1v) is 12.6. The lowest BCUT2D eigenvalue weighted by molar-refractivity contribution is -0.139. The number of ether oxygens (including phenoxy) is 1. The summed E-state index contributed by atoms with van der Waals surface area (Å²) in [7, 11) is 0. The highest BCUT2D eigenvalue weighted by molar-refractivity contribution is 6.35. The minimum atomic E-state index is -0.693. The average Bonchev–Trinajstić information content (AvgIpc) is 2.88. The van der Waals surface area contributed by atoms with Crippen molar-refractivity contribution >= 4 is 51.7 Å². The molecule has 7 nitrogen and oxygen atoms in total. The number of halogens is 2. The van der Waals surface area contributed by atoms with Crippen LogP contribution in [0.4, 0.5) is 0 Å². The molecule has 9 heteroatoms. The van der Waals surface area contributed by atoms with Gasteiger partial charge < -0.3 is 9.64 Å². The van der Waals surface area contributed by atoms with Crippen LogP contribution in [0.5, 0.6) is 5.75 Å². The Balaban J connectivity index is 1.16. The van der Waals surface area contributed by atoms with E-state index in [1.54, 1.807) is 42.2 Å². The van der Waals surface area contributed by atoms with Gasteiger partial charge in [-0.05, 0) is 42.6 Å². The number of benzene rings is 3. The SMILES string of the molecule is C[C@@H](Oc1ccc(Cl)cc1Cl)C(=O)N1CCN(CCN2C(=O)c3cccc4cccc(c34)C2=O)CC1. The number of rotatable bonds is 6. The normalized spacial score (nSPS) is 17.0. The van der Waals surface area contributed by atoms with Gasteiger partial charge in [0.15, 0.2) is 6.10 Å². The average molecular weight is 526 g/mol. The minimum absolute atomic E-state index is 0.119. The fourth-order valence-electron chi connectivity index (χ4n) is 4.79. The maximum atomic E-state index is 13.1. The molecular formula is C27H25Cl2N3O4. The lowest BCUT2D eigenvalue weighted by Crippen LogP contribution is -2.53. The summed E-state index contributed by atoms with van der Waals surface area (Å²) in [5.74, 6) is -0.227. The van der Waals surface area contributed by atoms with E-state index in [4.69, 9.17) is 27.9 Å². The van der Waals surface area contributed by atoms with E-state index in [2.05, 4.69) is 4.90 Å². The van der Waals surface area contributed by atoms with Gasteiger partial charge in [-0.25, -0.2) is 0 Å². The summed E-state index contributed by atoms with van der Waals surface area (Å²) in [6, 6.07) is 15.9. The third-order valence-electron chi connectivity index (χ3n) is 6.73. The fraction of sp³-hybridized carbons (Fsp3) is 0.296. The van der Waals surface area contributed by atoms with Crippen molar-refractivity contribution < 1.29 is 19.1 Å². The van der Waals surface area contributed by atoms with Gasteiger partial charge in [-0.15, -0.1) is 0 Å². The van der Waals surface area contributed by atoms with Crippen molar-refractivity contribution in [1.29, 1.82) is 0 Å². The quantitative estimate of drug-likeness (QED) is 0.447. The van der Waals surface area contributed by atoms with E-state index in [9.17, 15) is 14.4 Å². The van der Waals surface area contributed by atoms with E-state index in [-0.39, 0.29) is 17.7 Å². The van der Waals surface area contributed by atoms with Crippen LogP contribution >= 0.6 is 23.2 Å². The summed E-state index contributed by atoms with van der Waals surface area (Å²) in [5.41, 5.74) is 1.13. The smallest absolute Gasteiger partial charge is 0.263 e. The molecule has 5 rings (SSSR count). The molecule has 3 aromatic carbocycles. The molecule has 1 saturated heterocycles. The zero-order chi connectivity index (χ0) is 25.4. The number of carbonyl (C=O) groups is 3. The first kappa shape index (κ1) is 24.6. The van der Waals surface area contributed by atoms with Crippen LogP contribution in [0, 0.1) is 0 Å². The molecule has 3 amide bonds. The molecule has 1 fully saturated rings. The Morgan fingerprint density at radius 1 is 0.917 bits per heavy atom. The zero-order valence-corrected chi connectivity index (χ0v) is 21.3. The van der Waals surface area contributed by atoms with Gasteiger partial charge in [-0.3, -0.25) is 24.2 Å². The maximum absolute atomic E-state index is 13.1. The molecule has 0 aliphatic carbocycles. The van der Waals surface area contributed by atoms with Gasteiger partial charge in [0.2, 0.25) is 0 Å². The zero-order valence-electron chi connectivity index (χ0n) is 19.7. The summed E-state index contributed by atoms with van der Waals surface area (Å²) in [5, 5.41) is 2.47. The van der Waals surface area contributed by atoms with Crippen LogP contribution in [0.15, 0.2) is 54.6 Å². The summed E-state index contributed by atoms with van der Waals surface area (Å²) < 4.78 is 5.77. The highest BCUT2D eigenvalue weighted by atomic mass is 35.5. The number of amides is 3. The van der Waals surface area contributed by atoms with E-state index in [1.807, 2.05) is 24.3 Å². The Morgan fingerprint density at radius 3 is 2.17 bits per heavy atom. The Morgan fingerprint density at radius 2 is 1.56 bits per heavy atom. The minimum Gasteiger partial charge on any atom is -0.479 e. The van der Waals surface area contributed by atoms with E-state index in [1.165, 1.54) is 4.90 Å². The predicted molar refractivity (Wildman–Crippen MR) is 139 cm³/mol. The molecule has 186 valence electrons. The van der Waals surface area contributed by atoms with E-state index < -0.39 is 6.10 Å². The summed E-state index contributed by atoms with van der Waals surface area (Å²) >= 11 is 12.1. The Bertz CT molecular complexity index is 1300. The molecule has 0 bridgehead atoms. The number of hydrogen-bond acceptors (Lipinski definition) is 5. The van der Waals surface area contributed by atoms with Crippen molar-refractivity contribution in [3.63, 3.8) is 0 Å². The van der Waals surface area contributed by atoms with Gasteiger partial charge >= 0.3 is 0 Å². The van der Waals surface area contributed by atoms with Gasteiger partial charge in [-0.2, -0.15) is 0 Å². The number of piperazine rings is 1. The third kappa shape index (κ3) is 4.66. The molecule has 0 spiro atoms. The molecular weight excluding hydrogens is 501 g/mol. The second kappa shape index (κ2) is 10.1. The number of nitrogens with zero attached hydrogens (tertiary/aromatic N) is 3. The fourth-order valence-corrected chi connectivity index (χ4v) is 5.24. The van der Waals surface area contributed by atoms with Crippen molar-refractivity contribution in [2.24, 2.45) is 0 Å². The van der Waals surface area contributed by atoms with Crippen molar-refractivity contribution in [2.75, 3.05) is 39.3 Å². The molecule has 2 aliphatic heterocycles. The second-order valence-electron chi connectivity index (χ2n) is 8.97. The molecule has 2 aliphatic rings.